The summed E-state index contributed by atoms with van der Waals surface area (Å²) in [4.78, 5) is 150. The fourth-order valence-electron chi connectivity index (χ4n) is 8.93. The van der Waals surface area contributed by atoms with E-state index in [4.69, 9.17) is 28.7 Å². The van der Waals surface area contributed by atoms with E-state index in [1.165, 1.54) is 19.4 Å². The third-order valence-corrected chi connectivity index (χ3v) is 13.9. The van der Waals surface area contributed by atoms with E-state index in [1.807, 2.05) is 0 Å². The Kier molecular flexibility index (Phi) is 31.6. The first kappa shape index (κ1) is 71.4. The zero-order valence-electron chi connectivity index (χ0n) is 48.7. The molecule has 0 saturated heterocycles. The number of aliphatic hydroxyl groups is 2. The lowest BCUT2D eigenvalue weighted by molar-refractivity contribution is -0.143. The third kappa shape index (κ3) is 26.9. The molecule has 0 radical (unpaired) electrons. The second kappa shape index (κ2) is 36.7. The van der Waals surface area contributed by atoms with Crippen LogP contribution in [0.4, 0.5) is 0 Å². The minimum Gasteiger partial charge on any atom is -0.480 e. The van der Waals surface area contributed by atoms with Gasteiger partial charge in [-0.25, -0.2) is 9.78 Å². The fraction of sp³-hybridized carbons (Fsp3) is 0.712. The molecule has 31 heteroatoms. The number of H-pyrrole nitrogens is 1. The first-order chi connectivity index (χ1) is 39.0. The molecule has 12 atom stereocenters. The van der Waals surface area contributed by atoms with E-state index >= 15 is 0 Å². The number of carbonyl (C=O) groups excluding carboxylic acids is 9. The van der Waals surface area contributed by atoms with Crippen LogP contribution in [0.1, 0.15) is 131 Å². The van der Waals surface area contributed by atoms with Crippen molar-refractivity contribution in [2.45, 2.75) is 199 Å². The highest BCUT2D eigenvalue weighted by atomic mass is 16.4. The molecule has 23 N–H and O–H groups in total. The Morgan fingerprint density at radius 3 is 1.69 bits per heavy atom. The molecule has 0 bridgehead atoms. The topological polar surface area (TPSA) is 523 Å². The number of aromatic nitrogens is 2. The minimum atomic E-state index is -1.83. The fourth-order valence-corrected chi connectivity index (χ4v) is 8.93. The molecule has 0 aliphatic heterocycles. The van der Waals surface area contributed by atoms with Gasteiger partial charge in [0.25, 0.3) is 0 Å². The van der Waals surface area contributed by atoms with Crippen LogP contribution in [0, 0.1) is 17.8 Å². The number of hydrogen-bond donors (Lipinski definition) is 18. The summed E-state index contributed by atoms with van der Waals surface area (Å²) in [5.74, 6) is -10.1. The number of aliphatic imine (C=N–C) groups is 2. The minimum absolute atomic E-state index is 0.0157. The number of carboxylic acid groups (broad SMARTS) is 1. The smallest absolute Gasteiger partial charge is 0.326 e. The Hall–Kier alpha value is -7.67. The number of nitrogens with one attached hydrogen (secondary N) is 10. The zero-order valence-corrected chi connectivity index (χ0v) is 48.7. The van der Waals surface area contributed by atoms with Crippen LogP contribution in [0.15, 0.2) is 22.5 Å². The van der Waals surface area contributed by atoms with Crippen LogP contribution >= 0.6 is 0 Å². The molecule has 0 aromatic carbocycles. The molecule has 1 aromatic rings. The average Bonchev–Trinajstić information content (AvgIpc) is 4.00. The second-order valence-corrected chi connectivity index (χ2v) is 21.6. The molecule has 1 aliphatic carbocycles. The lowest BCUT2D eigenvalue weighted by atomic mass is 9.84. The summed E-state index contributed by atoms with van der Waals surface area (Å²) >= 11 is 0. The van der Waals surface area contributed by atoms with Crippen LogP contribution in [-0.2, 0) is 54.4 Å². The number of aromatic amines is 1. The van der Waals surface area contributed by atoms with Crippen LogP contribution in [0.3, 0.4) is 0 Å². The van der Waals surface area contributed by atoms with E-state index in [1.54, 1.807) is 27.7 Å². The van der Waals surface area contributed by atoms with Crippen LogP contribution < -0.4 is 76.5 Å². The van der Waals surface area contributed by atoms with Gasteiger partial charge >= 0.3 is 5.97 Å². The van der Waals surface area contributed by atoms with E-state index in [-0.39, 0.29) is 75.4 Å². The number of nitrogens with zero attached hydrogens (tertiary/aromatic N) is 3. The maximum absolute atomic E-state index is 14.3. The molecule has 1 heterocycles. The molecule has 83 heavy (non-hydrogen) atoms. The van der Waals surface area contributed by atoms with Crippen molar-refractivity contribution >= 4 is 71.1 Å². The first-order valence-corrected chi connectivity index (χ1v) is 28.2. The van der Waals surface area contributed by atoms with Gasteiger partial charge in [0.1, 0.15) is 48.3 Å². The Morgan fingerprint density at radius 2 is 1.14 bits per heavy atom. The summed E-state index contributed by atoms with van der Waals surface area (Å²) in [7, 11) is 0. The van der Waals surface area contributed by atoms with Crippen LogP contribution in [-0.4, -0.2) is 183 Å². The number of amides is 9. The predicted molar refractivity (Wildman–Crippen MR) is 305 cm³/mol. The summed E-state index contributed by atoms with van der Waals surface area (Å²) in [6, 6.07) is -12.3. The number of carboxylic acids is 1. The second-order valence-electron chi connectivity index (χ2n) is 21.6. The molecule has 31 nitrogen and oxygen atoms in total. The zero-order chi connectivity index (χ0) is 62.5. The first-order valence-electron chi connectivity index (χ1n) is 28.2. The van der Waals surface area contributed by atoms with Gasteiger partial charge < -0.3 is 96.8 Å². The summed E-state index contributed by atoms with van der Waals surface area (Å²) in [6.45, 7) is 10.2. The number of hydrogen-bond acceptors (Lipinski definition) is 16. The molecule has 2 rings (SSSR count). The van der Waals surface area contributed by atoms with Crippen LogP contribution in [0.2, 0.25) is 0 Å². The van der Waals surface area contributed by atoms with Crippen LogP contribution in [0.25, 0.3) is 0 Å². The Balaban J connectivity index is 2.30. The summed E-state index contributed by atoms with van der Waals surface area (Å²) in [6.07, 6.45) is 4.85. The Morgan fingerprint density at radius 1 is 0.627 bits per heavy atom. The van der Waals surface area contributed by atoms with Crippen molar-refractivity contribution in [3.8, 4) is 0 Å². The molecular weight excluding hydrogens is 1080 g/mol. The van der Waals surface area contributed by atoms with Gasteiger partial charge in [-0.15, -0.1) is 0 Å². The van der Waals surface area contributed by atoms with E-state index in [9.17, 15) is 63.3 Å². The van der Waals surface area contributed by atoms with Crippen molar-refractivity contribution in [1.29, 1.82) is 0 Å². The van der Waals surface area contributed by atoms with Crippen molar-refractivity contribution in [2.24, 2.45) is 56.4 Å². The van der Waals surface area contributed by atoms with E-state index in [2.05, 4.69) is 67.8 Å². The maximum Gasteiger partial charge on any atom is 0.326 e. The quantitative estimate of drug-likeness (QED) is 0.0169. The summed E-state index contributed by atoms with van der Waals surface area (Å²) in [5, 5.41) is 53.9. The average molecular weight is 1180 g/mol. The normalized spacial score (nSPS) is 16.8. The van der Waals surface area contributed by atoms with Crippen LogP contribution in [0.5, 0.6) is 0 Å². The highest BCUT2D eigenvalue weighted by molar-refractivity contribution is 5.98. The Bertz CT molecular complexity index is 2340. The maximum atomic E-state index is 14.3. The largest absolute Gasteiger partial charge is 0.480 e. The summed E-state index contributed by atoms with van der Waals surface area (Å²) < 4.78 is 0. The van der Waals surface area contributed by atoms with Gasteiger partial charge in [-0.05, 0) is 77.0 Å². The number of aliphatic carboxylic acids is 1. The van der Waals surface area contributed by atoms with Gasteiger partial charge in [-0.1, -0.05) is 66.2 Å². The van der Waals surface area contributed by atoms with Crippen molar-refractivity contribution in [1.82, 2.24) is 57.8 Å². The van der Waals surface area contributed by atoms with Gasteiger partial charge in [0.15, 0.2) is 11.9 Å². The molecule has 1 unspecified atom stereocenters. The van der Waals surface area contributed by atoms with Gasteiger partial charge in [-0.2, -0.15) is 0 Å². The number of nitrogens with two attached hydrogens (primary N) is 5. The number of rotatable bonds is 37. The molecule has 1 fully saturated rings. The van der Waals surface area contributed by atoms with Crippen molar-refractivity contribution < 1.29 is 63.3 Å². The molecule has 1 saturated carbocycles. The highest BCUT2D eigenvalue weighted by Crippen LogP contribution is 2.27. The molecule has 1 aromatic heterocycles. The standard InChI is InChI=1S/C52H92N18O13/c1-8-27(4)39(48(80)67-37(50(82)83)20-26(2)3)68-44(76)34(17-13-19-60-52(56)57)64-38(73)24-61-47(79)40(29(6)71)70-49(81)41(30(7)72)69-46(78)36(22-32-23-58-25-62-32)66-45(77)35(21-31-14-10-9-11-15-31)65-42(74)28(5)63-43(75)33(53)16-12-18-59-51(54)55/h23,25-31,33-37,39-41,71-72H,8-22,24,53H2,1-7H3,(H,58,62)(H,61,79)(H,63,75)(H,64,73)(H,65,74)(H,66,77)(H,67,80)(H,68,76)(H,69,78)(H,70,81)(H,82,83)(H4,54,55,59)(H4,56,57,60)/t27?,28-,29+,30+,33-,34-,35-,36-,37+,39-,40-,41-/m0/s1. The van der Waals surface area contributed by atoms with Crippen molar-refractivity contribution in [2.75, 3.05) is 19.6 Å². The van der Waals surface area contributed by atoms with Gasteiger partial charge in [0, 0.05) is 31.4 Å². The van der Waals surface area contributed by atoms with Crippen molar-refractivity contribution in [3.05, 3.63) is 18.2 Å². The number of aliphatic hydroxyl groups excluding tert-OH is 2. The monoisotopic (exact) mass is 1180 g/mol. The van der Waals surface area contributed by atoms with Gasteiger partial charge in [0.05, 0.1) is 31.1 Å². The van der Waals surface area contributed by atoms with E-state index in [0.29, 0.717) is 18.5 Å². The predicted octanol–water partition coefficient (Wildman–Crippen LogP) is -4.69. The number of imidazole rings is 1. The van der Waals surface area contributed by atoms with E-state index < -0.39 is 138 Å². The number of guanidine groups is 2. The molecular formula is C52H92N18O13. The van der Waals surface area contributed by atoms with Gasteiger partial charge in [-0.3, -0.25) is 53.1 Å². The molecule has 0 spiro atoms. The molecule has 1 aliphatic rings. The Labute approximate surface area is 483 Å². The molecule has 9 amide bonds. The molecule has 468 valence electrons. The third-order valence-electron chi connectivity index (χ3n) is 13.9. The number of carbonyl (C=O) groups is 10. The van der Waals surface area contributed by atoms with Crippen molar-refractivity contribution in [3.63, 3.8) is 0 Å². The lowest BCUT2D eigenvalue weighted by Crippen LogP contribution is -2.62. The van der Waals surface area contributed by atoms with E-state index in [0.717, 1.165) is 46.0 Å². The van der Waals surface area contributed by atoms with Gasteiger partial charge in [0.2, 0.25) is 53.2 Å². The highest BCUT2D eigenvalue weighted by Gasteiger charge is 2.37. The lowest BCUT2D eigenvalue weighted by Gasteiger charge is -2.30. The SMILES string of the molecule is CCC(C)[C@H](NC(=O)[C@H](CCCN=C(N)N)NC(=O)CNC(=O)[C@@H](NC(=O)[C@@H](NC(=O)[C@H](Cc1cnc[nH]1)NC(=O)[C@H](CC1CCCCC1)NC(=O)[C@H](C)NC(=O)[C@@H](N)CCCN=C(N)N)[C@@H](C)O)[C@@H](C)O)C(=O)N[C@H](CC(C)C)C(=O)O. The summed E-state index contributed by atoms with van der Waals surface area (Å²) in [5.41, 5.74) is 28.0.